The number of benzene rings is 1. The molecule has 0 aliphatic rings. The maximum Gasteiger partial charge on any atom is 0.160 e. The molecule has 0 saturated heterocycles. The Balaban J connectivity index is 2.56. The van der Waals surface area contributed by atoms with Crippen molar-refractivity contribution >= 4 is 0 Å². The predicted molar refractivity (Wildman–Crippen MR) is 74.4 cm³/mol. The average Bonchev–Trinajstić information content (AvgIpc) is 2.39. The van der Waals surface area contributed by atoms with Gasteiger partial charge in [-0.2, -0.15) is 0 Å². The Morgan fingerprint density at radius 2 is 1.94 bits per heavy atom. The molecule has 0 radical (unpaired) electrons. The molecule has 0 saturated carbocycles. The van der Waals surface area contributed by atoms with E-state index < -0.39 is 0 Å². The number of ether oxygens (including phenoxy) is 2. The monoisotopic (exact) mass is 252 g/mol. The van der Waals surface area contributed by atoms with Gasteiger partial charge in [0.15, 0.2) is 11.5 Å². The van der Waals surface area contributed by atoms with Crippen LogP contribution in [0.1, 0.15) is 18.9 Å². The SMILES string of the molecule is COc1ccc(CC(C)NCCCN)cc1OC. The lowest BCUT2D eigenvalue weighted by Gasteiger charge is -2.15. The third-order valence-corrected chi connectivity index (χ3v) is 2.86. The molecule has 0 aliphatic heterocycles. The summed E-state index contributed by atoms with van der Waals surface area (Å²) in [5, 5.41) is 3.45. The van der Waals surface area contributed by atoms with Crippen molar-refractivity contribution in [2.24, 2.45) is 5.73 Å². The van der Waals surface area contributed by atoms with Gasteiger partial charge in [0.2, 0.25) is 0 Å². The molecule has 3 N–H and O–H groups in total. The smallest absolute Gasteiger partial charge is 0.160 e. The first kappa shape index (κ1) is 14.8. The highest BCUT2D eigenvalue weighted by atomic mass is 16.5. The normalized spacial score (nSPS) is 12.2. The lowest BCUT2D eigenvalue weighted by atomic mass is 10.1. The first-order valence-corrected chi connectivity index (χ1v) is 6.35. The van der Waals surface area contributed by atoms with E-state index in [2.05, 4.69) is 18.3 Å². The van der Waals surface area contributed by atoms with Gasteiger partial charge in [0.05, 0.1) is 14.2 Å². The molecule has 1 rings (SSSR count). The van der Waals surface area contributed by atoms with Crippen LogP contribution < -0.4 is 20.5 Å². The molecule has 0 heterocycles. The van der Waals surface area contributed by atoms with Gasteiger partial charge >= 0.3 is 0 Å². The number of hydrogen-bond donors (Lipinski definition) is 2. The lowest BCUT2D eigenvalue weighted by molar-refractivity contribution is 0.354. The zero-order valence-corrected chi connectivity index (χ0v) is 11.5. The Morgan fingerprint density at radius 1 is 1.22 bits per heavy atom. The summed E-state index contributed by atoms with van der Waals surface area (Å²) < 4.78 is 10.5. The molecule has 1 aromatic carbocycles. The van der Waals surface area contributed by atoms with Gasteiger partial charge in [0.1, 0.15) is 0 Å². The minimum absolute atomic E-state index is 0.426. The first-order chi connectivity index (χ1) is 8.71. The van der Waals surface area contributed by atoms with E-state index in [-0.39, 0.29) is 0 Å². The number of methoxy groups -OCH3 is 2. The molecule has 18 heavy (non-hydrogen) atoms. The fraction of sp³-hybridized carbons (Fsp3) is 0.571. The standard InChI is InChI=1S/C14H24N2O2/c1-11(16-8-4-7-15)9-12-5-6-13(17-2)14(10-12)18-3/h5-6,10-11,16H,4,7-9,15H2,1-3H3. The van der Waals surface area contributed by atoms with E-state index in [1.165, 1.54) is 5.56 Å². The van der Waals surface area contributed by atoms with Gasteiger partial charge in [-0.25, -0.2) is 0 Å². The van der Waals surface area contributed by atoms with Crippen LogP contribution in [0.25, 0.3) is 0 Å². The topological polar surface area (TPSA) is 56.5 Å². The zero-order valence-electron chi connectivity index (χ0n) is 11.5. The van der Waals surface area contributed by atoms with Crippen LogP contribution in [0.4, 0.5) is 0 Å². The summed E-state index contributed by atoms with van der Waals surface area (Å²) in [6.07, 6.45) is 1.97. The Bertz CT molecular complexity index is 356. The summed E-state index contributed by atoms with van der Waals surface area (Å²) >= 11 is 0. The van der Waals surface area contributed by atoms with Gasteiger partial charge < -0.3 is 20.5 Å². The molecule has 1 atom stereocenters. The molecule has 0 amide bonds. The largest absolute Gasteiger partial charge is 0.493 e. The second-order valence-electron chi connectivity index (χ2n) is 4.39. The number of rotatable bonds is 8. The van der Waals surface area contributed by atoms with Crippen LogP contribution in [0.3, 0.4) is 0 Å². The summed E-state index contributed by atoms with van der Waals surface area (Å²) in [6.45, 7) is 3.87. The van der Waals surface area contributed by atoms with Gasteiger partial charge in [0, 0.05) is 6.04 Å². The van der Waals surface area contributed by atoms with Crippen LogP contribution in [0.5, 0.6) is 11.5 Å². The summed E-state index contributed by atoms with van der Waals surface area (Å²) in [5.41, 5.74) is 6.70. The van der Waals surface area contributed by atoms with Crippen molar-refractivity contribution in [1.29, 1.82) is 0 Å². The number of hydrogen-bond acceptors (Lipinski definition) is 4. The van der Waals surface area contributed by atoms with Gasteiger partial charge in [-0.05, 0) is 50.6 Å². The third-order valence-electron chi connectivity index (χ3n) is 2.86. The van der Waals surface area contributed by atoms with Gasteiger partial charge in [-0.15, -0.1) is 0 Å². The molecule has 102 valence electrons. The van der Waals surface area contributed by atoms with Crippen molar-refractivity contribution in [3.8, 4) is 11.5 Å². The van der Waals surface area contributed by atoms with Crippen molar-refractivity contribution in [1.82, 2.24) is 5.32 Å². The molecule has 1 unspecified atom stereocenters. The van der Waals surface area contributed by atoms with E-state index in [1.54, 1.807) is 14.2 Å². The average molecular weight is 252 g/mol. The maximum atomic E-state index is 5.47. The molecule has 0 aromatic heterocycles. The van der Waals surface area contributed by atoms with E-state index in [0.29, 0.717) is 6.04 Å². The van der Waals surface area contributed by atoms with Crippen LogP contribution in [-0.2, 0) is 6.42 Å². The van der Waals surface area contributed by atoms with Crippen molar-refractivity contribution in [3.63, 3.8) is 0 Å². The molecular formula is C14H24N2O2. The summed E-state index contributed by atoms with van der Waals surface area (Å²) in [5.74, 6) is 1.55. The predicted octanol–water partition coefficient (Wildman–Crippen LogP) is 1.57. The zero-order chi connectivity index (χ0) is 13.4. The number of nitrogens with one attached hydrogen (secondary N) is 1. The van der Waals surface area contributed by atoms with Crippen molar-refractivity contribution in [2.75, 3.05) is 27.3 Å². The molecule has 4 nitrogen and oxygen atoms in total. The highest BCUT2D eigenvalue weighted by molar-refractivity contribution is 5.43. The molecule has 0 fully saturated rings. The Labute approximate surface area is 109 Å². The van der Waals surface area contributed by atoms with Crippen LogP contribution >= 0.6 is 0 Å². The van der Waals surface area contributed by atoms with Gasteiger partial charge in [-0.3, -0.25) is 0 Å². The van der Waals surface area contributed by atoms with Crippen LogP contribution in [0, 0.1) is 0 Å². The lowest BCUT2D eigenvalue weighted by Crippen LogP contribution is -2.30. The van der Waals surface area contributed by atoms with Crippen molar-refractivity contribution < 1.29 is 9.47 Å². The Hall–Kier alpha value is -1.26. The van der Waals surface area contributed by atoms with E-state index in [4.69, 9.17) is 15.2 Å². The molecule has 0 aliphatic carbocycles. The van der Waals surface area contributed by atoms with E-state index in [0.717, 1.165) is 37.4 Å². The molecule has 1 aromatic rings. The summed E-state index contributed by atoms with van der Waals surface area (Å²) in [6, 6.07) is 6.47. The van der Waals surface area contributed by atoms with Gasteiger partial charge in [0.25, 0.3) is 0 Å². The summed E-state index contributed by atoms with van der Waals surface area (Å²) in [7, 11) is 3.30. The van der Waals surface area contributed by atoms with Crippen LogP contribution in [0.2, 0.25) is 0 Å². The fourth-order valence-electron chi connectivity index (χ4n) is 1.88. The summed E-state index contributed by atoms with van der Waals surface area (Å²) in [4.78, 5) is 0. The maximum absolute atomic E-state index is 5.47. The Morgan fingerprint density at radius 3 is 2.56 bits per heavy atom. The van der Waals surface area contributed by atoms with E-state index >= 15 is 0 Å². The van der Waals surface area contributed by atoms with Crippen molar-refractivity contribution in [3.05, 3.63) is 23.8 Å². The molecular weight excluding hydrogens is 228 g/mol. The second kappa shape index (κ2) is 7.95. The molecule has 0 spiro atoms. The van der Waals surface area contributed by atoms with Gasteiger partial charge in [-0.1, -0.05) is 6.07 Å². The number of nitrogens with two attached hydrogens (primary N) is 1. The van der Waals surface area contributed by atoms with E-state index in [9.17, 15) is 0 Å². The quantitative estimate of drug-likeness (QED) is 0.690. The fourth-order valence-corrected chi connectivity index (χ4v) is 1.88. The van der Waals surface area contributed by atoms with E-state index in [1.807, 2.05) is 12.1 Å². The highest BCUT2D eigenvalue weighted by Crippen LogP contribution is 2.27. The van der Waals surface area contributed by atoms with Crippen LogP contribution in [-0.4, -0.2) is 33.4 Å². The second-order valence-corrected chi connectivity index (χ2v) is 4.39. The minimum atomic E-state index is 0.426. The first-order valence-electron chi connectivity index (χ1n) is 6.35. The molecule has 0 bridgehead atoms. The van der Waals surface area contributed by atoms with Crippen molar-refractivity contribution in [2.45, 2.75) is 25.8 Å². The minimum Gasteiger partial charge on any atom is -0.493 e. The van der Waals surface area contributed by atoms with Crippen LogP contribution in [0.15, 0.2) is 18.2 Å². The molecule has 4 heteroatoms. The third kappa shape index (κ3) is 4.55. The highest BCUT2D eigenvalue weighted by Gasteiger charge is 2.07. The Kier molecular flexibility index (Phi) is 6.54.